The molecule has 0 unspecified atom stereocenters. The second kappa shape index (κ2) is 7.35. The Bertz CT molecular complexity index is 864. The summed E-state index contributed by atoms with van der Waals surface area (Å²) in [4.78, 5) is 23.2. The Morgan fingerprint density at radius 1 is 1.15 bits per heavy atom. The number of carbonyl (C=O) groups excluding carboxylic acids is 1. The van der Waals surface area contributed by atoms with Crippen LogP contribution in [0.4, 0.5) is 5.82 Å². The third-order valence-corrected chi connectivity index (χ3v) is 4.50. The van der Waals surface area contributed by atoms with Crippen LogP contribution in [0.3, 0.4) is 0 Å². The molecule has 0 bridgehead atoms. The molecular weight excluding hydrogens is 328 g/mol. The first-order chi connectivity index (χ1) is 12.8. The average Bonchev–Trinajstić information content (AvgIpc) is 3.20. The lowest BCUT2D eigenvalue weighted by molar-refractivity contribution is 0.0933. The minimum atomic E-state index is -0.0989. The number of nitrogens with one attached hydrogen (secondary N) is 1. The van der Waals surface area contributed by atoms with Crippen molar-refractivity contribution in [3.63, 3.8) is 0 Å². The maximum atomic E-state index is 12.6. The zero-order chi connectivity index (χ0) is 17.8. The summed E-state index contributed by atoms with van der Waals surface area (Å²) in [6.45, 7) is 1.66. The van der Waals surface area contributed by atoms with Crippen molar-refractivity contribution in [2.24, 2.45) is 0 Å². The van der Waals surface area contributed by atoms with E-state index in [0.29, 0.717) is 5.56 Å². The topological polar surface area (TPSA) is 75.9 Å². The van der Waals surface area contributed by atoms with Crippen LogP contribution in [0, 0.1) is 0 Å². The first-order valence-electron chi connectivity index (χ1n) is 8.71. The highest BCUT2D eigenvalue weighted by Crippen LogP contribution is 2.17. The van der Waals surface area contributed by atoms with Gasteiger partial charge in [-0.15, -0.1) is 0 Å². The lowest BCUT2D eigenvalue weighted by Gasteiger charge is -2.33. The van der Waals surface area contributed by atoms with Gasteiger partial charge in [-0.25, -0.2) is 9.67 Å². The molecule has 1 amide bonds. The van der Waals surface area contributed by atoms with Crippen LogP contribution in [0.15, 0.2) is 61.3 Å². The van der Waals surface area contributed by atoms with Crippen molar-refractivity contribution < 1.29 is 4.79 Å². The third-order valence-electron chi connectivity index (χ3n) is 4.50. The first kappa shape index (κ1) is 16.3. The standard InChI is InChI=1S/C19H20N6O/c26-19(15-11-22-25(13-15)17-6-2-1-3-7-17)23-16-5-4-10-24(14-16)18-12-20-8-9-21-18/h1-3,6-9,11-13,16H,4-5,10,14H2,(H,23,26)/t16-/m0/s1. The van der Waals surface area contributed by atoms with Crippen molar-refractivity contribution in [3.05, 3.63) is 66.9 Å². The van der Waals surface area contributed by atoms with Crippen LogP contribution in [0.25, 0.3) is 5.69 Å². The molecule has 3 heterocycles. The van der Waals surface area contributed by atoms with Crippen LogP contribution in [0.5, 0.6) is 0 Å². The summed E-state index contributed by atoms with van der Waals surface area (Å²) in [7, 11) is 0. The van der Waals surface area contributed by atoms with Crippen LogP contribution in [0.1, 0.15) is 23.2 Å². The summed E-state index contributed by atoms with van der Waals surface area (Å²) in [5, 5.41) is 7.41. The molecule has 4 rings (SSSR count). The molecule has 1 aromatic carbocycles. The number of para-hydroxylation sites is 1. The molecule has 26 heavy (non-hydrogen) atoms. The van der Waals surface area contributed by atoms with Crippen molar-refractivity contribution in [2.45, 2.75) is 18.9 Å². The number of carbonyl (C=O) groups is 1. The molecule has 1 saturated heterocycles. The second-order valence-corrected chi connectivity index (χ2v) is 6.33. The summed E-state index contributed by atoms with van der Waals surface area (Å²) in [5.41, 5.74) is 1.49. The molecule has 0 saturated carbocycles. The van der Waals surface area contributed by atoms with Crippen LogP contribution in [-0.2, 0) is 0 Å². The SMILES string of the molecule is O=C(N[C@H]1CCCN(c2cnccn2)C1)c1cnn(-c2ccccc2)c1. The van der Waals surface area contributed by atoms with Gasteiger partial charge in [0.15, 0.2) is 0 Å². The number of hydrogen-bond donors (Lipinski definition) is 1. The van der Waals surface area contributed by atoms with Crippen LogP contribution in [0.2, 0.25) is 0 Å². The maximum absolute atomic E-state index is 12.6. The summed E-state index contributed by atoms with van der Waals surface area (Å²) in [6.07, 6.45) is 10.4. The predicted octanol–water partition coefficient (Wildman–Crippen LogP) is 2.06. The molecule has 0 radical (unpaired) electrons. The Kier molecular flexibility index (Phi) is 4.59. The number of hydrogen-bond acceptors (Lipinski definition) is 5. The van der Waals surface area contributed by atoms with Crippen molar-refractivity contribution in [2.75, 3.05) is 18.0 Å². The summed E-state index contributed by atoms with van der Waals surface area (Å²) in [6, 6.07) is 9.83. The highest BCUT2D eigenvalue weighted by molar-refractivity contribution is 5.94. The van der Waals surface area contributed by atoms with Gasteiger partial charge in [-0.1, -0.05) is 18.2 Å². The van der Waals surface area contributed by atoms with Gasteiger partial charge >= 0.3 is 0 Å². The Morgan fingerprint density at radius 3 is 2.85 bits per heavy atom. The van der Waals surface area contributed by atoms with Gasteiger partial charge in [0.2, 0.25) is 0 Å². The van der Waals surface area contributed by atoms with E-state index in [0.717, 1.165) is 37.4 Å². The summed E-state index contributed by atoms with van der Waals surface area (Å²) >= 11 is 0. The molecule has 132 valence electrons. The zero-order valence-electron chi connectivity index (χ0n) is 14.3. The molecule has 7 heteroatoms. The zero-order valence-corrected chi connectivity index (χ0v) is 14.3. The monoisotopic (exact) mass is 348 g/mol. The molecule has 2 aromatic heterocycles. The maximum Gasteiger partial charge on any atom is 0.254 e. The molecule has 1 aliphatic rings. The number of nitrogens with zero attached hydrogens (tertiary/aromatic N) is 5. The molecule has 7 nitrogen and oxygen atoms in total. The van der Waals surface area contributed by atoms with E-state index < -0.39 is 0 Å². The Labute approximate surface area is 151 Å². The van der Waals surface area contributed by atoms with Gasteiger partial charge in [0.25, 0.3) is 5.91 Å². The van der Waals surface area contributed by atoms with E-state index in [9.17, 15) is 4.79 Å². The average molecular weight is 348 g/mol. The van der Waals surface area contributed by atoms with E-state index in [1.54, 1.807) is 35.7 Å². The lowest BCUT2D eigenvalue weighted by atomic mass is 10.1. The van der Waals surface area contributed by atoms with Gasteiger partial charge in [0.1, 0.15) is 5.82 Å². The molecule has 1 aliphatic heterocycles. The quantitative estimate of drug-likeness (QED) is 0.781. The molecule has 1 atom stereocenters. The van der Waals surface area contributed by atoms with Gasteiger partial charge in [0, 0.05) is 37.7 Å². The molecular formula is C19H20N6O. The van der Waals surface area contributed by atoms with Gasteiger partial charge < -0.3 is 10.2 Å². The van der Waals surface area contributed by atoms with Crippen molar-refractivity contribution in [3.8, 4) is 5.69 Å². The number of aromatic nitrogens is 4. The highest BCUT2D eigenvalue weighted by Gasteiger charge is 2.23. The van der Waals surface area contributed by atoms with E-state index in [-0.39, 0.29) is 11.9 Å². The Hall–Kier alpha value is -3.22. The van der Waals surface area contributed by atoms with E-state index in [1.165, 1.54) is 0 Å². The fourth-order valence-electron chi connectivity index (χ4n) is 3.19. The van der Waals surface area contributed by atoms with E-state index in [4.69, 9.17) is 0 Å². The number of amides is 1. The summed E-state index contributed by atoms with van der Waals surface area (Å²) < 4.78 is 1.71. The molecule has 3 aromatic rings. The lowest BCUT2D eigenvalue weighted by Crippen LogP contribution is -2.48. The van der Waals surface area contributed by atoms with E-state index >= 15 is 0 Å². The van der Waals surface area contributed by atoms with Crippen molar-refractivity contribution in [1.82, 2.24) is 25.1 Å². The second-order valence-electron chi connectivity index (χ2n) is 6.33. The fourth-order valence-corrected chi connectivity index (χ4v) is 3.19. The van der Waals surface area contributed by atoms with Crippen molar-refractivity contribution >= 4 is 11.7 Å². The fraction of sp³-hybridized carbons (Fsp3) is 0.263. The van der Waals surface area contributed by atoms with Gasteiger partial charge in [-0.05, 0) is 25.0 Å². The molecule has 0 aliphatic carbocycles. The van der Waals surface area contributed by atoms with E-state index in [2.05, 4.69) is 25.3 Å². The minimum Gasteiger partial charge on any atom is -0.353 e. The van der Waals surface area contributed by atoms with Gasteiger partial charge in [-0.2, -0.15) is 5.10 Å². The first-order valence-corrected chi connectivity index (χ1v) is 8.71. The number of benzene rings is 1. The highest BCUT2D eigenvalue weighted by atomic mass is 16.1. The van der Waals surface area contributed by atoms with Crippen molar-refractivity contribution in [1.29, 1.82) is 0 Å². The number of rotatable bonds is 4. The normalized spacial score (nSPS) is 17.1. The van der Waals surface area contributed by atoms with Gasteiger partial charge in [-0.3, -0.25) is 9.78 Å². The van der Waals surface area contributed by atoms with Crippen LogP contribution >= 0.6 is 0 Å². The molecule has 0 spiro atoms. The predicted molar refractivity (Wildman–Crippen MR) is 98.3 cm³/mol. The largest absolute Gasteiger partial charge is 0.353 e. The number of piperidine rings is 1. The Balaban J connectivity index is 1.41. The molecule has 1 N–H and O–H groups in total. The third kappa shape index (κ3) is 3.56. The summed E-state index contributed by atoms with van der Waals surface area (Å²) in [5.74, 6) is 0.751. The molecule has 1 fully saturated rings. The smallest absolute Gasteiger partial charge is 0.254 e. The van der Waals surface area contributed by atoms with Crippen LogP contribution in [-0.4, -0.2) is 44.8 Å². The minimum absolute atomic E-state index is 0.0818. The van der Waals surface area contributed by atoms with Gasteiger partial charge in [0.05, 0.1) is 23.6 Å². The van der Waals surface area contributed by atoms with Crippen LogP contribution < -0.4 is 10.2 Å². The van der Waals surface area contributed by atoms with E-state index in [1.807, 2.05) is 30.3 Å². The number of anilines is 1. The Morgan fingerprint density at radius 2 is 2.04 bits per heavy atom.